The number of aromatic nitrogens is 1. The fourth-order valence-electron chi connectivity index (χ4n) is 1.98. The van der Waals surface area contributed by atoms with E-state index in [0.29, 0.717) is 16.6 Å². The Morgan fingerprint density at radius 1 is 1.13 bits per heavy atom. The van der Waals surface area contributed by atoms with Gasteiger partial charge >= 0.3 is 0 Å². The Hall–Kier alpha value is -0.910. The number of benzene rings is 1. The average Bonchev–Trinajstić information content (AvgIpc) is 2.58. The molecule has 0 spiro atoms. The Labute approximate surface area is 148 Å². The van der Waals surface area contributed by atoms with Gasteiger partial charge in [0.1, 0.15) is 0 Å². The van der Waals surface area contributed by atoms with Crippen molar-refractivity contribution in [3.63, 3.8) is 0 Å². The normalized spacial score (nSPS) is 13.6. The molecule has 0 bridgehead atoms. The smallest absolute Gasteiger partial charge is 0.0731 e. The lowest BCUT2D eigenvalue weighted by Gasteiger charge is -2.08. The molecule has 1 aromatic heterocycles. The molecule has 1 aromatic carbocycles. The standard InChI is InChI=1S/C9H5Cl2N.C5H11N.C3H9NO/c10-6-1-2-7-8(11)3-4-12-9(7)5-6;1-2-4-6-5-3-1;4-2-1-3-5/h1-5H;6H,1-5H2;5H,1-4H2. The minimum atomic E-state index is 0.219. The fraction of sp³-hybridized carbons (Fsp3) is 0.471. The summed E-state index contributed by atoms with van der Waals surface area (Å²) in [4.78, 5) is 4.13. The first-order chi connectivity index (χ1) is 11.2. The Morgan fingerprint density at radius 2 is 1.87 bits per heavy atom. The average molecular weight is 358 g/mol. The Balaban J connectivity index is 0.000000202. The molecule has 128 valence electrons. The molecule has 3 rings (SSSR count). The fourth-order valence-corrected chi connectivity index (χ4v) is 2.36. The first-order valence-corrected chi connectivity index (χ1v) is 8.66. The van der Waals surface area contributed by atoms with Crippen molar-refractivity contribution in [3.05, 3.63) is 40.5 Å². The van der Waals surface area contributed by atoms with Gasteiger partial charge in [0.05, 0.1) is 10.5 Å². The molecule has 0 saturated carbocycles. The number of hydrogen-bond acceptors (Lipinski definition) is 4. The maximum Gasteiger partial charge on any atom is 0.0731 e. The summed E-state index contributed by atoms with van der Waals surface area (Å²) in [7, 11) is 0. The van der Waals surface area contributed by atoms with Gasteiger partial charge in [-0.25, -0.2) is 0 Å². The Kier molecular flexibility index (Phi) is 10.9. The summed E-state index contributed by atoms with van der Waals surface area (Å²) in [5.74, 6) is 0. The number of fused-ring (bicyclic) bond motifs is 1. The van der Waals surface area contributed by atoms with Gasteiger partial charge in [0.15, 0.2) is 0 Å². The van der Waals surface area contributed by atoms with Crippen LogP contribution < -0.4 is 11.1 Å². The van der Waals surface area contributed by atoms with Crippen LogP contribution in [-0.4, -0.2) is 36.3 Å². The molecule has 0 aliphatic carbocycles. The number of halogens is 2. The molecule has 1 aliphatic heterocycles. The number of aliphatic hydroxyl groups excluding tert-OH is 1. The van der Waals surface area contributed by atoms with Crippen molar-refractivity contribution in [2.24, 2.45) is 5.73 Å². The molecule has 0 unspecified atom stereocenters. The van der Waals surface area contributed by atoms with Crippen molar-refractivity contribution >= 4 is 34.1 Å². The molecule has 4 N–H and O–H groups in total. The summed E-state index contributed by atoms with van der Waals surface area (Å²) in [6.45, 7) is 3.31. The van der Waals surface area contributed by atoms with Crippen LogP contribution in [0, 0.1) is 0 Å². The second kappa shape index (κ2) is 12.5. The first-order valence-electron chi connectivity index (χ1n) is 7.90. The summed E-state index contributed by atoms with van der Waals surface area (Å²) in [5.41, 5.74) is 5.81. The predicted octanol–water partition coefficient (Wildman–Crippen LogP) is 3.63. The highest BCUT2D eigenvalue weighted by atomic mass is 35.5. The second-order valence-electron chi connectivity index (χ2n) is 5.13. The van der Waals surface area contributed by atoms with E-state index in [1.54, 1.807) is 24.4 Å². The summed E-state index contributed by atoms with van der Waals surface area (Å²) in [6.07, 6.45) is 6.61. The van der Waals surface area contributed by atoms with E-state index in [4.69, 9.17) is 34.0 Å². The number of aliphatic hydroxyl groups is 1. The SMILES string of the molecule is C1CCNCC1.Clc1ccc2c(Cl)ccnc2c1.NCCCO. The number of nitrogens with two attached hydrogens (primary N) is 1. The van der Waals surface area contributed by atoms with Crippen LogP contribution >= 0.6 is 23.2 Å². The predicted molar refractivity (Wildman–Crippen MR) is 99.2 cm³/mol. The number of nitrogens with zero attached hydrogens (tertiary/aromatic N) is 1. The van der Waals surface area contributed by atoms with Gasteiger partial charge in [0.2, 0.25) is 0 Å². The third-order valence-electron chi connectivity index (χ3n) is 3.22. The lowest BCUT2D eigenvalue weighted by atomic mass is 10.2. The zero-order valence-electron chi connectivity index (χ0n) is 13.3. The van der Waals surface area contributed by atoms with E-state index in [-0.39, 0.29) is 6.61 Å². The monoisotopic (exact) mass is 357 g/mol. The van der Waals surface area contributed by atoms with Gasteiger partial charge in [0, 0.05) is 23.2 Å². The van der Waals surface area contributed by atoms with E-state index in [9.17, 15) is 0 Å². The molecule has 6 heteroatoms. The van der Waals surface area contributed by atoms with E-state index < -0.39 is 0 Å². The number of nitrogens with one attached hydrogen (secondary N) is 1. The van der Waals surface area contributed by atoms with Gasteiger partial charge in [-0.2, -0.15) is 0 Å². The zero-order chi connectivity index (χ0) is 16.9. The van der Waals surface area contributed by atoms with E-state index in [2.05, 4.69) is 10.3 Å². The van der Waals surface area contributed by atoms with E-state index in [0.717, 1.165) is 17.3 Å². The van der Waals surface area contributed by atoms with Crippen molar-refractivity contribution < 1.29 is 5.11 Å². The van der Waals surface area contributed by atoms with E-state index >= 15 is 0 Å². The van der Waals surface area contributed by atoms with Crippen molar-refractivity contribution in [1.29, 1.82) is 0 Å². The van der Waals surface area contributed by atoms with Crippen LogP contribution in [0.1, 0.15) is 25.7 Å². The molecule has 0 radical (unpaired) electrons. The minimum absolute atomic E-state index is 0.219. The summed E-state index contributed by atoms with van der Waals surface area (Å²) in [5, 5.41) is 13.6. The van der Waals surface area contributed by atoms with Crippen molar-refractivity contribution in [3.8, 4) is 0 Å². The van der Waals surface area contributed by atoms with E-state index in [1.165, 1.54) is 32.4 Å². The molecule has 23 heavy (non-hydrogen) atoms. The van der Waals surface area contributed by atoms with Crippen LogP contribution in [0.3, 0.4) is 0 Å². The van der Waals surface area contributed by atoms with Gasteiger partial charge < -0.3 is 16.2 Å². The highest BCUT2D eigenvalue weighted by Gasteiger charge is 1.98. The molecule has 1 fully saturated rings. The molecule has 2 aromatic rings. The summed E-state index contributed by atoms with van der Waals surface area (Å²) < 4.78 is 0. The van der Waals surface area contributed by atoms with Gasteiger partial charge in [-0.05, 0) is 63.2 Å². The van der Waals surface area contributed by atoms with Gasteiger partial charge in [-0.15, -0.1) is 0 Å². The number of hydrogen-bond donors (Lipinski definition) is 3. The third kappa shape index (κ3) is 8.49. The quantitative estimate of drug-likeness (QED) is 0.767. The molecule has 0 atom stereocenters. The van der Waals surface area contributed by atoms with Gasteiger partial charge in [-0.3, -0.25) is 4.98 Å². The minimum Gasteiger partial charge on any atom is -0.396 e. The lowest BCUT2D eigenvalue weighted by molar-refractivity contribution is 0.291. The number of pyridine rings is 1. The largest absolute Gasteiger partial charge is 0.396 e. The zero-order valence-corrected chi connectivity index (χ0v) is 14.8. The Morgan fingerprint density at radius 3 is 2.35 bits per heavy atom. The molecule has 0 amide bonds. The van der Waals surface area contributed by atoms with Gasteiger partial charge in [0.25, 0.3) is 0 Å². The van der Waals surface area contributed by atoms with E-state index in [1.807, 2.05) is 6.07 Å². The second-order valence-corrected chi connectivity index (χ2v) is 5.97. The molecule has 2 heterocycles. The Bertz CT molecular complexity index is 549. The third-order valence-corrected chi connectivity index (χ3v) is 3.79. The van der Waals surface area contributed by atoms with Crippen molar-refractivity contribution in [1.82, 2.24) is 10.3 Å². The molecular formula is C17H25Cl2N3O. The van der Waals surface area contributed by atoms with Gasteiger partial charge in [-0.1, -0.05) is 29.6 Å². The van der Waals surface area contributed by atoms with Crippen LogP contribution in [0.5, 0.6) is 0 Å². The maximum absolute atomic E-state index is 7.99. The molecule has 1 saturated heterocycles. The lowest BCUT2D eigenvalue weighted by Crippen LogP contribution is -2.21. The molecular weight excluding hydrogens is 333 g/mol. The van der Waals surface area contributed by atoms with Crippen LogP contribution in [0.2, 0.25) is 10.0 Å². The van der Waals surface area contributed by atoms with Crippen molar-refractivity contribution in [2.45, 2.75) is 25.7 Å². The number of piperidine rings is 1. The molecule has 4 nitrogen and oxygen atoms in total. The van der Waals surface area contributed by atoms with Crippen LogP contribution in [-0.2, 0) is 0 Å². The summed E-state index contributed by atoms with van der Waals surface area (Å²) >= 11 is 11.7. The highest BCUT2D eigenvalue weighted by Crippen LogP contribution is 2.23. The first kappa shape index (κ1) is 20.1. The van der Waals surface area contributed by atoms with Crippen LogP contribution in [0.15, 0.2) is 30.5 Å². The van der Waals surface area contributed by atoms with Crippen LogP contribution in [0.4, 0.5) is 0 Å². The van der Waals surface area contributed by atoms with Crippen LogP contribution in [0.25, 0.3) is 10.9 Å². The topological polar surface area (TPSA) is 71.2 Å². The highest BCUT2D eigenvalue weighted by molar-refractivity contribution is 6.36. The number of rotatable bonds is 2. The molecule has 1 aliphatic rings. The summed E-state index contributed by atoms with van der Waals surface area (Å²) in [6, 6.07) is 7.23. The van der Waals surface area contributed by atoms with Crippen molar-refractivity contribution in [2.75, 3.05) is 26.2 Å². The maximum atomic E-state index is 7.99.